The summed E-state index contributed by atoms with van der Waals surface area (Å²) in [5.41, 5.74) is 8.63. The maximum atomic E-state index is 12.2. The molecule has 0 bridgehead atoms. The molecule has 3 rings (SSSR count). The van der Waals surface area contributed by atoms with Gasteiger partial charge in [-0.2, -0.15) is 0 Å². The summed E-state index contributed by atoms with van der Waals surface area (Å²) in [5, 5.41) is 2.86. The Morgan fingerprint density at radius 2 is 1.94 bits per heavy atom. The molecular formula is C21H26F3IN4O2. The minimum atomic E-state index is -4.72. The molecule has 3 N–H and O–H groups in total. The Balaban J connectivity index is 0.00000341. The number of aliphatic imine (C=N–C) groups is 1. The van der Waals surface area contributed by atoms with E-state index in [9.17, 15) is 13.2 Å². The second kappa shape index (κ2) is 11.5. The lowest BCUT2D eigenvalue weighted by Crippen LogP contribution is -2.40. The van der Waals surface area contributed by atoms with Gasteiger partial charge < -0.3 is 20.5 Å². The van der Waals surface area contributed by atoms with Gasteiger partial charge in [-0.1, -0.05) is 24.3 Å². The van der Waals surface area contributed by atoms with Gasteiger partial charge in [0.05, 0.1) is 19.3 Å². The number of nitrogens with zero attached hydrogens (tertiary/aromatic N) is 2. The summed E-state index contributed by atoms with van der Waals surface area (Å²) in [5.74, 6) is -0.123. The van der Waals surface area contributed by atoms with E-state index >= 15 is 0 Å². The highest BCUT2D eigenvalue weighted by Gasteiger charge is 2.30. The molecule has 1 atom stereocenters. The van der Waals surface area contributed by atoms with Crippen LogP contribution in [0.1, 0.15) is 18.1 Å². The number of nitrogens with two attached hydrogens (primary N) is 1. The number of ether oxygens (including phenoxy) is 2. The number of morpholine rings is 1. The number of guanidine groups is 1. The Labute approximate surface area is 196 Å². The number of alkyl halides is 3. The highest BCUT2D eigenvalue weighted by atomic mass is 127. The Bertz CT molecular complexity index is 862. The normalized spacial score (nSPS) is 17.7. The molecule has 0 aliphatic carbocycles. The highest BCUT2D eigenvalue weighted by molar-refractivity contribution is 14.0. The van der Waals surface area contributed by atoms with Crippen LogP contribution in [0.3, 0.4) is 0 Å². The van der Waals surface area contributed by atoms with Crippen LogP contribution in [-0.2, 0) is 17.8 Å². The fourth-order valence-corrected chi connectivity index (χ4v) is 3.22. The second-order valence-corrected chi connectivity index (χ2v) is 7.14. The smallest absolute Gasteiger partial charge is 0.406 e. The van der Waals surface area contributed by atoms with Gasteiger partial charge in [-0.15, -0.1) is 37.1 Å². The maximum Gasteiger partial charge on any atom is 0.573 e. The lowest BCUT2D eigenvalue weighted by atomic mass is 10.1. The van der Waals surface area contributed by atoms with Crippen LogP contribution in [0.2, 0.25) is 0 Å². The van der Waals surface area contributed by atoms with Crippen molar-refractivity contribution < 1.29 is 22.6 Å². The molecule has 1 aliphatic heterocycles. The van der Waals surface area contributed by atoms with Crippen molar-refractivity contribution in [1.82, 2.24) is 4.90 Å². The Kier molecular flexibility index (Phi) is 9.38. The van der Waals surface area contributed by atoms with Crippen molar-refractivity contribution in [3.63, 3.8) is 0 Å². The molecule has 10 heteroatoms. The Morgan fingerprint density at radius 3 is 2.61 bits per heavy atom. The topological polar surface area (TPSA) is 72.1 Å². The number of halogens is 4. The molecule has 0 aromatic heterocycles. The summed E-state index contributed by atoms with van der Waals surface area (Å²) in [6.07, 6.45) is -4.48. The molecule has 1 unspecified atom stereocenters. The van der Waals surface area contributed by atoms with Crippen LogP contribution in [0.25, 0.3) is 0 Å². The average Bonchev–Trinajstić information content (AvgIpc) is 2.67. The number of rotatable bonds is 6. The van der Waals surface area contributed by atoms with Crippen molar-refractivity contribution in [2.75, 3.05) is 25.0 Å². The fraction of sp³-hybridized carbons (Fsp3) is 0.381. The van der Waals surface area contributed by atoms with Gasteiger partial charge in [-0.3, -0.25) is 4.90 Å². The third kappa shape index (κ3) is 8.91. The number of anilines is 1. The van der Waals surface area contributed by atoms with Gasteiger partial charge >= 0.3 is 6.36 Å². The molecular weight excluding hydrogens is 524 g/mol. The standard InChI is InChI=1S/C21H25F3N4O2.HI/c1-15-13-28(9-10-29-15)14-17-4-2-3-16(11-17)12-26-20(25)27-18-5-7-19(8-6-18)30-21(22,23)24;/h2-8,11,15H,9-10,12-14H2,1H3,(H3,25,26,27);1H. The van der Waals surface area contributed by atoms with Crippen LogP contribution in [0, 0.1) is 0 Å². The van der Waals surface area contributed by atoms with Crippen molar-refractivity contribution in [1.29, 1.82) is 0 Å². The van der Waals surface area contributed by atoms with E-state index in [1.807, 2.05) is 12.1 Å². The molecule has 170 valence electrons. The highest BCUT2D eigenvalue weighted by Crippen LogP contribution is 2.23. The molecule has 0 radical (unpaired) electrons. The first-order chi connectivity index (χ1) is 14.3. The zero-order valence-corrected chi connectivity index (χ0v) is 19.4. The van der Waals surface area contributed by atoms with Crippen molar-refractivity contribution >= 4 is 35.6 Å². The predicted octanol–water partition coefficient (Wildman–Crippen LogP) is 4.35. The summed E-state index contributed by atoms with van der Waals surface area (Å²) in [7, 11) is 0. The van der Waals surface area contributed by atoms with E-state index in [1.54, 1.807) is 0 Å². The van der Waals surface area contributed by atoms with Gasteiger partial charge in [0, 0.05) is 25.3 Å². The van der Waals surface area contributed by atoms with E-state index < -0.39 is 6.36 Å². The molecule has 1 aliphatic rings. The number of hydrogen-bond acceptors (Lipinski definition) is 4. The van der Waals surface area contributed by atoms with E-state index in [0.29, 0.717) is 12.2 Å². The van der Waals surface area contributed by atoms with E-state index in [4.69, 9.17) is 10.5 Å². The first-order valence-corrected chi connectivity index (χ1v) is 9.61. The van der Waals surface area contributed by atoms with Gasteiger partial charge in [0.1, 0.15) is 5.75 Å². The minimum absolute atomic E-state index is 0. The van der Waals surface area contributed by atoms with Gasteiger partial charge in [-0.25, -0.2) is 4.99 Å². The largest absolute Gasteiger partial charge is 0.573 e. The van der Waals surface area contributed by atoms with Crippen LogP contribution < -0.4 is 15.8 Å². The summed E-state index contributed by atoms with van der Waals surface area (Å²) in [6.45, 7) is 5.88. The van der Waals surface area contributed by atoms with Gasteiger partial charge in [0.2, 0.25) is 0 Å². The molecule has 1 heterocycles. The van der Waals surface area contributed by atoms with Crippen LogP contribution in [0.4, 0.5) is 18.9 Å². The number of nitrogens with one attached hydrogen (secondary N) is 1. The maximum absolute atomic E-state index is 12.2. The van der Waals surface area contributed by atoms with E-state index in [-0.39, 0.29) is 41.8 Å². The fourth-order valence-electron chi connectivity index (χ4n) is 3.22. The molecule has 0 saturated carbocycles. The van der Waals surface area contributed by atoms with E-state index in [1.165, 1.54) is 29.8 Å². The first-order valence-electron chi connectivity index (χ1n) is 9.61. The summed E-state index contributed by atoms with van der Waals surface area (Å²) >= 11 is 0. The van der Waals surface area contributed by atoms with Crippen LogP contribution in [0.5, 0.6) is 5.75 Å². The molecule has 2 aromatic rings. The molecule has 2 aromatic carbocycles. The van der Waals surface area contributed by atoms with Crippen LogP contribution >= 0.6 is 24.0 Å². The SMILES string of the molecule is CC1CN(Cc2cccc(CN=C(N)Nc3ccc(OC(F)(F)F)cc3)c2)CCO1.I. The van der Waals surface area contributed by atoms with Crippen molar-refractivity contribution in [3.8, 4) is 5.75 Å². The van der Waals surface area contributed by atoms with Crippen molar-refractivity contribution in [2.24, 2.45) is 10.7 Å². The quantitative estimate of drug-likeness (QED) is 0.318. The predicted molar refractivity (Wildman–Crippen MR) is 125 cm³/mol. The summed E-state index contributed by atoms with van der Waals surface area (Å²) in [6, 6.07) is 13.4. The average molecular weight is 550 g/mol. The first kappa shape index (κ1) is 25.2. The Hall–Kier alpha value is -2.05. The molecule has 0 spiro atoms. The number of hydrogen-bond donors (Lipinski definition) is 2. The zero-order valence-electron chi connectivity index (χ0n) is 17.1. The molecule has 6 nitrogen and oxygen atoms in total. The van der Waals surface area contributed by atoms with Gasteiger partial charge in [0.15, 0.2) is 5.96 Å². The lowest BCUT2D eigenvalue weighted by Gasteiger charge is -2.31. The monoisotopic (exact) mass is 550 g/mol. The molecule has 0 amide bonds. The second-order valence-electron chi connectivity index (χ2n) is 7.14. The van der Waals surface area contributed by atoms with Crippen LogP contribution in [0.15, 0.2) is 53.5 Å². The van der Waals surface area contributed by atoms with E-state index in [2.05, 4.69) is 39.0 Å². The molecule has 1 saturated heterocycles. The summed E-state index contributed by atoms with van der Waals surface area (Å²) in [4.78, 5) is 6.67. The third-order valence-electron chi connectivity index (χ3n) is 4.52. The van der Waals surface area contributed by atoms with Crippen molar-refractivity contribution in [2.45, 2.75) is 32.5 Å². The zero-order chi connectivity index (χ0) is 21.6. The van der Waals surface area contributed by atoms with Crippen molar-refractivity contribution in [3.05, 3.63) is 59.7 Å². The number of benzene rings is 2. The van der Waals surface area contributed by atoms with E-state index in [0.717, 1.165) is 31.8 Å². The van der Waals surface area contributed by atoms with Gasteiger partial charge in [-0.05, 0) is 42.3 Å². The third-order valence-corrected chi connectivity index (χ3v) is 4.52. The minimum Gasteiger partial charge on any atom is -0.406 e. The van der Waals surface area contributed by atoms with Crippen LogP contribution in [-0.4, -0.2) is 43.0 Å². The molecule has 31 heavy (non-hydrogen) atoms. The Morgan fingerprint density at radius 1 is 1.23 bits per heavy atom. The molecule has 1 fully saturated rings. The lowest BCUT2D eigenvalue weighted by molar-refractivity contribution is -0.274. The van der Waals surface area contributed by atoms with Gasteiger partial charge in [0.25, 0.3) is 0 Å². The summed E-state index contributed by atoms with van der Waals surface area (Å²) < 4.78 is 46.0.